The fourth-order valence-corrected chi connectivity index (χ4v) is 2.00. The SMILES string of the molecule is CC(=O)NC1CC2COCC1N2. The van der Waals surface area contributed by atoms with Crippen LogP contribution in [0.15, 0.2) is 0 Å². The number of carbonyl (C=O) groups excluding carboxylic acids is 1. The van der Waals surface area contributed by atoms with E-state index in [2.05, 4.69) is 10.6 Å². The lowest BCUT2D eigenvalue weighted by atomic mass is 10.1. The van der Waals surface area contributed by atoms with Crippen LogP contribution in [-0.4, -0.2) is 37.2 Å². The Morgan fingerprint density at radius 2 is 2.42 bits per heavy atom. The third-order valence-electron chi connectivity index (χ3n) is 2.48. The minimum atomic E-state index is 0.0503. The number of ether oxygens (including phenoxy) is 1. The van der Waals surface area contributed by atoms with E-state index in [9.17, 15) is 4.79 Å². The first-order valence-electron chi connectivity index (χ1n) is 4.36. The Bertz CT molecular complexity index is 195. The Morgan fingerprint density at radius 1 is 1.58 bits per heavy atom. The molecule has 0 spiro atoms. The summed E-state index contributed by atoms with van der Waals surface area (Å²) in [5.41, 5.74) is 0. The first-order chi connectivity index (χ1) is 5.75. The van der Waals surface area contributed by atoms with E-state index in [0.717, 1.165) is 19.6 Å². The van der Waals surface area contributed by atoms with E-state index in [-0.39, 0.29) is 11.9 Å². The monoisotopic (exact) mass is 170 g/mol. The molecular weight excluding hydrogens is 156 g/mol. The Balaban J connectivity index is 1.95. The second-order valence-corrected chi connectivity index (χ2v) is 3.55. The van der Waals surface area contributed by atoms with Gasteiger partial charge in [-0.15, -0.1) is 0 Å². The van der Waals surface area contributed by atoms with Gasteiger partial charge in [-0.25, -0.2) is 0 Å². The molecule has 2 heterocycles. The number of nitrogens with one attached hydrogen (secondary N) is 2. The minimum Gasteiger partial charge on any atom is -0.378 e. The van der Waals surface area contributed by atoms with Crippen molar-refractivity contribution in [3.05, 3.63) is 0 Å². The van der Waals surface area contributed by atoms with Gasteiger partial charge in [-0.1, -0.05) is 0 Å². The normalized spacial score (nSPS) is 39.6. The van der Waals surface area contributed by atoms with Crippen molar-refractivity contribution in [3.8, 4) is 0 Å². The van der Waals surface area contributed by atoms with Crippen molar-refractivity contribution in [1.29, 1.82) is 0 Å². The van der Waals surface area contributed by atoms with E-state index in [1.54, 1.807) is 6.92 Å². The molecule has 0 aromatic rings. The average molecular weight is 170 g/mol. The van der Waals surface area contributed by atoms with Gasteiger partial charge < -0.3 is 15.4 Å². The van der Waals surface area contributed by atoms with Crippen molar-refractivity contribution in [1.82, 2.24) is 10.6 Å². The van der Waals surface area contributed by atoms with E-state index in [0.29, 0.717) is 12.1 Å². The maximum Gasteiger partial charge on any atom is 0.217 e. The highest BCUT2D eigenvalue weighted by Crippen LogP contribution is 2.18. The summed E-state index contributed by atoms with van der Waals surface area (Å²) in [6.07, 6.45) is 1.00. The molecule has 12 heavy (non-hydrogen) atoms. The van der Waals surface area contributed by atoms with Crippen LogP contribution in [-0.2, 0) is 9.53 Å². The summed E-state index contributed by atoms with van der Waals surface area (Å²) in [5, 5.41) is 6.34. The highest BCUT2D eigenvalue weighted by atomic mass is 16.5. The molecule has 2 bridgehead atoms. The van der Waals surface area contributed by atoms with Crippen LogP contribution < -0.4 is 10.6 Å². The molecule has 2 rings (SSSR count). The van der Waals surface area contributed by atoms with E-state index in [4.69, 9.17) is 4.74 Å². The minimum absolute atomic E-state index is 0.0503. The number of fused-ring (bicyclic) bond motifs is 2. The molecule has 3 unspecified atom stereocenters. The fourth-order valence-electron chi connectivity index (χ4n) is 2.00. The van der Waals surface area contributed by atoms with Crippen molar-refractivity contribution >= 4 is 5.91 Å². The zero-order chi connectivity index (χ0) is 8.55. The van der Waals surface area contributed by atoms with Crippen LogP contribution in [0.25, 0.3) is 0 Å². The zero-order valence-corrected chi connectivity index (χ0v) is 7.17. The van der Waals surface area contributed by atoms with Crippen LogP contribution in [0.1, 0.15) is 13.3 Å². The molecular formula is C8H14N2O2. The molecule has 0 aromatic heterocycles. The van der Waals surface area contributed by atoms with Crippen molar-refractivity contribution in [2.24, 2.45) is 0 Å². The molecule has 2 fully saturated rings. The molecule has 0 saturated carbocycles. The third kappa shape index (κ3) is 1.44. The molecule has 2 N–H and O–H groups in total. The average Bonchev–Trinajstić information content (AvgIpc) is 2.26. The number of carbonyl (C=O) groups is 1. The zero-order valence-electron chi connectivity index (χ0n) is 7.17. The van der Waals surface area contributed by atoms with Gasteiger partial charge in [0.2, 0.25) is 5.91 Å². The summed E-state index contributed by atoms with van der Waals surface area (Å²) in [6.45, 7) is 3.07. The summed E-state index contributed by atoms with van der Waals surface area (Å²) >= 11 is 0. The lowest BCUT2D eigenvalue weighted by Gasteiger charge is -2.23. The standard InChI is InChI=1S/C8H14N2O2/c1-5(11)9-7-2-6-3-12-4-8(7)10-6/h6-8,10H,2-4H2,1H3,(H,9,11). The first-order valence-corrected chi connectivity index (χ1v) is 4.36. The molecule has 2 aliphatic rings. The Kier molecular flexibility index (Phi) is 2.02. The topological polar surface area (TPSA) is 50.4 Å². The summed E-state index contributed by atoms with van der Waals surface area (Å²) in [4.78, 5) is 10.8. The fraction of sp³-hybridized carbons (Fsp3) is 0.875. The van der Waals surface area contributed by atoms with Gasteiger partial charge in [0.25, 0.3) is 0 Å². The van der Waals surface area contributed by atoms with Crippen LogP contribution in [0.5, 0.6) is 0 Å². The number of amides is 1. The highest BCUT2D eigenvalue weighted by molar-refractivity contribution is 5.73. The molecule has 68 valence electrons. The van der Waals surface area contributed by atoms with Crippen molar-refractivity contribution in [2.45, 2.75) is 31.5 Å². The van der Waals surface area contributed by atoms with Gasteiger partial charge in [-0.05, 0) is 6.42 Å². The predicted octanol–water partition coefficient (Wildman–Crippen LogP) is -0.748. The molecule has 0 aliphatic carbocycles. The summed E-state index contributed by atoms with van der Waals surface area (Å²) < 4.78 is 5.35. The van der Waals surface area contributed by atoms with Crippen molar-refractivity contribution in [3.63, 3.8) is 0 Å². The first kappa shape index (κ1) is 8.01. The van der Waals surface area contributed by atoms with Crippen molar-refractivity contribution in [2.75, 3.05) is 13.2 Å². The number of morpholine rings is 1. The molecule has 4 heteroatoms. The third-order valence-corrected chi connectivity index (χ3v) is 2.48. The Hall–Kier alpha value is -0.610. The predicted molar refractivity (Wildman–Crippen MR) is 43.8 cm³/mol. The van der Waals surface area contributed by atoms with Gasteiger partial charge in [0, 0.05) is 19.0 Å². The quantitative estimate of drug-likeness (QED) is 0.544. The molecule has 0 aromatic carbocycles. The lowest BCUT2D eigenvalue weighted by Crippen LogP contribution is -2.48. The van der Waals surface area contributed by atoms with Crippen LogP contribution in [0.2, 0.25) is 0 Å². The Labute approximate surface area is 71.7 Å². The maximum absolute atomic E-state index is 10.8. The summed E-state index contributed by atoms with van der Waals surface area (Å²) in [7, 11) is 0. The van der Waals surface area contributed by atoms with E-state index < -0.39 is 0 Å². The van der Waals surface area contributed by atoms with Gasteiger partial charge in [-0.2, -0.15) is 0 Å². The maximum atomic E-state index is 10.8. The van der Waals surface area contributed by atoms with Gasteiger partial charge in [-0.3, -0.25) is 4.79 Å². The molecule has 0 radical (unpaired) electrons. The number of hydrogen-bond acceptors (Lipinski definition) is 3. The van der Waals surface area contributed by atoms with Gasteiger partial charge in [0.05, 0.1) is 19.3 Å². The molecule has 3 atom stereocenters. The highest BCUT2D eigenvalue weighted by Gasteiger charge is 2.37. The van der Waals surface area contributed by atoms with Crippen LogP contribution in [0, 0.1) is 0 Å². The van der Waals surface area contributed by atoms with Gasteiger partial charge >= 0.3 is 0 Å². The van der Waals surface area contributed by atoms with E-state index in [1.807, 2.05) is 0 Å². The number of rotatable bonds is 1. The second-order valence-electron chi connectivity index (χ2n) is 3.55. The second kappa shape index (κ2) is 3.03. The molecule has 1 amide bonds. The van der Waals surface area contributed by atoms with Crippen LogP contribution in [0.3, 0.4) is 0 Å². The van der Waals surface area contributed by atoms with E-state index in [1.165, 1.54) is 0 Å². The largest absolute Gasteiger partial charge is 0.378 e. The molecule has 4 nitrogen and oxygen atoms in total. The summed E-state index contributed by atoms with van der Waals surface area (Å²) in [6, 6.07) is 1.04. The van der Waals surface area contributed by atoms with E-state index >= 15 is 0 Å². The lowest BCUT2D eigenvalue weighted by molar-refractivity contribution is -0.119. The van der Waals surface area contributed by atoms with Crippen LogP contribution >= 0.6 is 0 Å². The molecule has 2 aliphatic heterocycles. The molecule has 2 saturated heterocycles. The smallest absolute Gasteiger partial charge is 0.217 e. The van der Waals surface area contributed by atoms with Gasteiger partial charge in [0.15, 0.2) is 0 Å². The Morgan fingerprint density at radius 3 is 3.08 bits per heavy atom. The number of hydrogen-bond donors (Lipinski definition) is 2. The van der Waals surface area contributed by atoms with Crippen molar-refractivity contribution < 1.29 is 9.53 Å². The van der Waals surface area contributed by atoms with Gasteiger partial charge in [0.1, 0.15) is 0 Å². The summed E-state index contributed by atoms with van der Waals surface area (Å²) in [5.74, 6) is 0.0503. The van der Waals surface area contributed by atoms with Crippen LogP contribution in [0.4, 0.5) is 0 Å².